The van der Waals surface area contributed by atoms with Gasteiger partial charge in [-0.25, -0.2) is 9.97 Å². The summed E-state index contributed by atoms with van der Waals surface area (Å²) in [6.45, 7) is 0.657. The number of hydrogen-bond acceptors (Lipinski definition) is 6. The molecule has 0 saturated heterocycles. The van der Waals surface area contributed by atoms with Crippen LogP contribution in [0.5, 0.6) is 11.5 Å². The Morgan fingerprint density at radius 2 is 1.95 bits per heavy atom. The SMILES string of the molecule is COc1ccc(CNc2ncnc3ccsc23)cc1OC. The Hall–Kier alpha value is -2.34. The van der Waals surface area contributed by atoms with Crippen LogP contribution < -0.4 is 14.8 Å². The highest BCUT2D eigenvalue weighted by atomic mass is 32.1. The lowest BCUT2D eigenvalue weighted by Gasteiger charge is -2.10. The highest BCUT2D eigenvalue weighted by molar-refractivity contribution is 7.17. The maximum absolute atomic E-state index is 5.31. The van der Waals surface area contributed by atoms with E-state index in [2.05, 4.69) is 15.3 Å². The monoisotopic (exact) mass is 301 g/mol. The Balaban J connectivity index is 1.80. The molecule has 6 heteroatoms. The minimum atomic E-state index is 0.657. The number of aromatic nitrogens is 2. The molecular weight excluding hydrogens is 286 g/mol. The summed E-state index contributed by atoms with van der Waals surface area (Å²) in [5.74, 6) is 2.30. The molecule has 0 aliphatic rings. The van der Waals surface area contributed by atoms with E-state index in [0.29, 0.717) is 6.54 Å². The van der Waals surface area contributed by atoms with E-state index >= 15 is 0 Å². The summed E-state index contributed by atoms with van der Waals surface area (Å²) in [5.41, 5.74) is 2.06. The van der Waals surface area contributed by atoms with Crippen LogP contribution >= 0.6 is 11.3 Å². The molecule has 108 valence electrons. The molecule has 0 amide bonds. The molecule has 0 aliphatic heterocycles. The van der Waals surface area contributed by atoms with Gasteiger partial charge in [0.15, 0.2) is 11.5 Å². The van der Waals surface area contributed by atoms with Crippen LogP contribution in [0.3, 0.4) is 0 Å². The van der Waals surface area contributed by atoms with Crippen molar-refractivity contribution in [2.75, 3.05) is 19.5 Å². The molecule has 3 aromatic rings. The van der Waals surface area contributed by atoms with Gasteiger partial charge in [-0.3, -0.25) is 0 Å². The second-order valence-electron chi connectivity index (χ2n) is 4.40. The highest BCUT2D eigenvalue weighted by Gasteiger charge is 2.07. The van der Waals surface area contributed by atoms with E-state index in [1.165, 1.54) is 0 Å². The third kappa shape index (κ3) is 2.75. The molecule has 0 saturated carbocycles. The van der Waals surface area contributed by atoms with Gasteiger partial charge in [-0.15, -0.1) is 11.3 Å². The zero-order valence-corrected chi connectivity index (χ0v) is 12.6. The average Bonchev–Trinajstić information content (AvgIpc) is 3.01. The molecule has 5 nitrogen and oxygen atoms in total. The largest absolute Gasteiger partial charge is 0.493 e. The normalized spacial score (nSPS) is 10.6. The van der Waals surface area contributed by atoms with Crippen molar-refractivity contribution in [2.45, 2.75) is 6.54 Å². The molecule has 0 radical (unpaired) electrons. The molecule has 0 bridgehead atoms. The van der Waals surface area contributed by atoms with E-state index < -0.39 is 0 Å². The summed E-state index contributed by atoms with van der Waals surface area (Å²) in [6.07, 6.45) is 1.58. The number of thiophene rings is 1. The molecule has 3 rings (SSSR count). The number of ether oxygens (including phenoxy) is 2. The molecule has 21 heavy (non-hydrogen) atoms. The summed E-state index contributed by atoms with van der Waals surface area (Å²) < 4.78 is 11.6. The third-order valence-electron chi connectivity index (χ3n) is 3.15. The van der Waals surface area contributed by atoms with Crippen molar-refractivity contribution in [2.24, 2.45) is 0 Å². The summed E-state index contributed by atoms with van der Waals surface area (Å²) in [5, 5.41) is 5.36. The van der Waals surface area contributed by atoms with Crippen molar-refractivity contribution < 1.29 is 9.47 Å². The van der Waals surface area contributed by atoms with Gasteiger partial charge in [-0.05, 0) is 29.1 Å². The van der Waals surface area contributed by atoms with E-state index in [-0.39, 0.29) is 0 Å². The molecule has 1 aromatic carbocycles. The Labute approximate surface area is 126 Å². The van der Waals surface area contributed by atoms with E-state index in [4.69, 9.17) is 9.47 Å². The van der Waals surface area contributed by atoms with Gasteiger partial charge in [0, 0.05) is 6.54 Å². The lowest BCUT2D eigenvalue weighted by molar-refractivity contribution is 0.354. The number of nitrogens with zero attached hydrogens (tertiary/aromatic N) is 2. The van der Waals surface area contributed by atoms with Gasteiger partial charge in [-0.1, -0.05) is 6.07 Å². The van der Waals surface area contributed by atoms with Crippen LogP contribution in [0.2, 0.25) is 0 Å². The quantitative estimate of drug-likeness (QED) is 0.783. The van der Waals surface area contributed by atoms with Crippen LogP contribution in [0, 0.1) is 0 Å². The van der Waals surface area contributed by atoms with Crippen molar-refractivity contribution in [1.29, 1.82) is 0 Å². The Kier molecular flexibility index (Phi) is 3.87. The predicted molar refractivity (Wildman–Crippen MR) is 84.3 cm³/mol. The van der Waals surface area contributed by atoms with E-state index in [1.807, 2.05) is 29.6 Å². The number of rotatable bonds is 5. The number of methoxy groups -OCH3 is 2. The lowest BCUT2D eigenvalue weighted by atomic mass is 10.2. The van der Waals surface area contributed by atoms with Crippen LogP contribution in [0.15, 0.2) is 36.0 Å². The molecular formula is C15H15N3O2S. The lowest BCUT2D eigenvalue weighted by Crippen LogP contribution is -2.02. The fourth-order valence-corrected chi connectivity index (χ4v) is 2.90. The predicted octanol–water partition coefficient (Wildman–Crippen LogP) is 3.32. The number of hydrogen-bond donors (Lipinski definition) is 1. The van der Waals surface area contributed by atoms with Gasteiger partial charge < -0.3 is 14.8 Å². The number of benzene rings is 1. The number of nitrogens with one attached hydrogen (secondary N) is 1. The van der Waals surface area contributed by atoms with Crippen molar-refractivity contribution >= 4 is 27.4 Å². The molecule has 0 unspecified atom stereocenters. The topological polar surface area (TPSA) is 56.3 Å². The summed E-state index contributed by atoms with van der Waals surface area (Å²) in [4.78, 5) is 8.53. The minimum Gasteiger partial charge on any atom is -0.493 e. The van der Waals surface area contributed by atoms with Gasteiger partial charge in [-0.2, -0.15) is 0 Å². The van der Waals surface area contributed by atoms with Crippen molar-refractivity contribution in [1.82, 2.24) is 9.97 Å². The third-order valence-corrected chi connectivity index (χ3v) is 4.06. The summed E-state index contributed by atoms with van der Waals surface area (Å²) >= 11 is 1.63. The zero-order chi connectivity index (χ0) is 14.7. The van der Waals surface area contributed by atoms with Crippen molar-refractivity contribution in [3.05, 3.63) is 41.5 Å². The van der Waals surface area contributed by atoms with Gasteiger partial charge in [0.2, 0.25) is 0 Å². The maximum atomic E-state index is 5.31. The second kappa shape index (κ2) is 5.97. The summed E-state index contributed by atoms with van der Waals surface area (Å²) in [6, 6.07) is 7.85. The van der Waals surface area contributed by atoms with Crippen molar-refractivity contribution in [3.63, 3.8) is 0 Å². The second-order valence-corrected chi connectivity index (χ2v) is 5.32. The fraction of sp³-hybridized carbons (Fsp3) is 0.200. The van der Waals surface area contributed by atoms with Gasteiger partial charge in [0.25, 0.3) is 0 Å². The van der Waals surface area contributed by atoms with E-state index in [0.717, 1.165) is 33.1 Å². The van der Waals surface area contributed by atoms with Crippen LogP contribution in [-0.4, -0.2) is 24.2 Å². The Bertz CT molecular complexity index is 758. The van der Waals surface area contributed by atoms with Gasteiger partial charge >= 0.3 is 0 Å². The molecule has 2 aromatic heterocycles. The standard InChI is InChI=1S/C15H15N3O2S/c1-19-12-4-3-10(7-13(12)20-2)8-16-15-14-11(5-6-21-14)17-9-18-15/h3-7,9H,8H2,1-2H3,(H,16,17,18). The number of fused-ring (bicyclic) bond motifs is 1. The van der Waals surface area contributed by atoms with Crippen LogP contribution in [0.4, 0.5) is 5.82 Å². The smallest absolute Gasteiger partial charge is 0.161 e. The highest BCUT2D eigenvalue weighted by Crippen LogP contribution is 2.29. The summed E-state index contributed by atoms with van der Waals surface area (Å²) in [7, 11) is 3.26. The first kappa shape index (κ1) is 13.6. The number of anilines is 1. The van der Waals surface area contributed by atoms with Crippen LogP contribution in [0.1, 0.15) is 5.56 Å². The van der Waals surface area contributed by atoms with Crippen LogP contribution in [-0.2, 0) is 6.54 Å². The first-order chi connectivity index (χ1) is 10.3. The van der Waals surface area contributed by atoms with Crippen LogP contribution in [0.25, 0.3) is 10.2 Å². The molecule has 0 aliphatic carbocycles. The Morgan fingerprint density at radius 1 is 1.10 bits per heavy atom. The molecule has 0 atom stereocenters. The first-order valence-corrected chi connectivity index (χ1v) is 7.32. The average molecular weight is 301 g/mol. The van der Waals surface area contributed by atoms with E-state index in [9.17, 15) is 0 Å². The van der Waals surface area contributed by atoms with Crippen molar-refractivity contribution in [3.8, 4) is 11.5 Å². The molecule has 0 spiro atoms. The molecule has 2 heterocycles. The van der Waals surface area contributed by atoms with E-state index in [1.54, 1.807) is 31.9 Å². The maximum Gasteiger partial charge on any atom is 0.161 e. The Morgan fingerprint density at radius 3 is 2.76 bits per heavy atom. The zero-order valence-electron chi connectivity index (χ0n) is 11.8. The molecule has 0 fully saturated rings. The minimum absolute atomic E-state index is 0.657. The first-order valence-electron chi connectivity index (χ1n) is 6.45. The fourth-order valence-electron chi connectivity index (χ4n) is 2.09. The van der Waals surface area contributed by atoms with Gasteiger partial charge in [0.05, 0.1) is 24.4 Å². The van der Waals surface area contributed by atoms with Gasteiger partial charge in [0.1, 0.15) is 12.1 Å². The molecule has 1 N–H and O–H groups in total.